The van der Waals surface area contributed by atoms with Gasteiger partial charge in [-0.05, 0) is 25.3 Å². The number of nitrogens with two attached hydrogens (primary N) is 1. The fourth-order valence-electron chi connectivity index (χ4n) is 2.59. The van der Waals surface area contributed by atoms with Crippen LogP contribution in [-0.2, 0) is 0 Å². The molecule has 1 aromatic rings. The summed E-state index contributed by atoms with van der Waals surface area (Å²) in [6.45, 7) is 1.95. The highest BCUT2D eigenvalue weighted by molar-refractivity contribution is 5.57. The number of rotatable bonds is 3. The SMILES string of the molecule is Cc1ccc([N+](=O)[O-])cc1NC1CCCCCC1N. The summed E-state index contributed by atoms with van der Waals surface area (Å²) in [5, 5.41) is 14.2. The third-order valence-electron chi connectivity index (χ3n) is 3.84. The van der Waals surface area contributed by atoms with Crippen molar-refractivity contribution in [3.05, 3.63) is 33.9 Å². The lowest BCUT2D eigenvalue weighted by Gasteiger charge is -2.24. The van der Waals surface area contributed by atoms with Gasteiger partial charge in [0, 0.05) is 29.9 Å². The highest BCUT2D eigenvalue weighted by Gasteiger charge is 2.21. The van der Waals surface area contributed by atoms with Crippen molar-refractivity contribution < 1.29 is 4.92 Å². The molecule has 2 rings (SSSR count). The molecule has 5 nitrogen and oxygen atoms in total. The number of benzene rings is 1. The Balaban J connectivity index is 2.16. The van der Waals surface area contributed by atoms with Crippen molar-refractivity contribution in [2.24, 2.45) is 5.73 Å². The number of nitro benzene ring substituents is 1. The van der Waals surface area contributed by atoms with Gasteiger partial charge in [-0.25, -0.2) is 0 Å². The lowest BCUT2D eigenvalue weighted by molar-refractivity contribution is -0.384. The van der Waals surface area contributed by atoms with Crippen LogP contribution < -0.4 is 11.1 Å². The van der Waals surface area contributed by atoms with Crippen molar-refractivity contribution in [3.8, 4) is 0 Å². The van der Waals surface area contributed by atoms with E-state index in [1.54, 1.807) is 12.1 Å². The van der Waals surface area contributed by atoms with Gasteiger partial charge in [-0.1, -0.05) is 25.3 Å². The summed E-state index contributed by atoms with van der Waals surface area (Å²) in [6, 6.07) is 5.26. The van der Waals surface area contributed by atoms with Crippen molar-refractivity contribution >= 4 is 11.4 Å². The molecule has 3 N–H and O–H groups in total. The maximum absolute atomic E-state index is 10.8. The second kappa shape index (κ2) is 6.02. The van der Waals surface area contributed by atoms with Gasteiger partial charge in [-0.15, -0.1) is 0 Å². The van der Waals surface area contributed by atoms with Crippen molar-refractivity contribution in [2.75, 3.05) is 5.32 Å². The Morgan fingerprint density at radius 3 is 2.79 bits per heavy atom. The van der Waals surface area contributed by atoms with Gasteiger partial charge < -0.3 is 11.1 Å². The van der Waals surface area contributed by atoms with E-state index in [1.165, 1.54) is 25.3 Å². The first kappa shape index (κ1) is 13.8. The molecule has 1 saturated carbocycles. The zero-order chi connectivity index (χ0) is 13.8. The van der Waals surface area contributed by atoms with Crippen LogP contribution in [0.25, 0.3) is 0 Å². The standard InChI is InChI=1S/C14H21N3O2/c1-10-7-8-11(17(18)19)9-14(10)16-13-6-4-2-3-5-12(13)15/h7-9,12-13,16H,2-6,15H2,1H3. The van der Waals surface area contributed by atoms with E-state index < -0.39 is 0 Å². The van der Waals surface area contributed by atoms with E-state index in [4.69, 9.17) is 5.73 Å². The van der Waals surface area contributed by atoms with Crippen LogP contribution in [0.4, 0.5) is 11.4 Å². The van der Waals surface area contributed by atoms with Crippen LogP contribution in [-0.4, -0.2) is 17.0 Å². The van der Waals surface area contributed by atoms with Crippen LogP contribution in [0.2, 0.25) is 0 Å². The molecule has 1 fully saturated rings. The smallest absolute Gasteiger partial charge is 0.271 e. The minimum atomic E-state index is -0.363. The van der Waals surface area contributed by atoms with Crippen LogP contribution in [0.5, 0.6) is 0 Å². The molecule has 19 heavy (non-hydrogen) atoms. The molecule has 2 unspecified atom stereocenters. The number of anilines is 1. The number of aryl methyl sites for hydroxylation is 1. The molecule has 0 bridgehead atoms. The predicted octanol–water partition coefficient (Wildman–Crippen LogP) is 2.98. The average molecular weight is 263 g/mol. The van der Waals surface area contributed by atoms with E-state index in [0.717, 1.165) is 24.1 Å². The third kappa shape index (κ3) is 3.44. The quantitative estimate of drug-likeness (QED) is 0.499. The molecular formula is C14H21N3O2. The van der Waals surface area contributed by atoms with E-state index >= 15 is 0 Å². The molecule has 1 aromatic carbocycles. The number of non-ortho nitro benzene ring substituents is 1. The van der Waals surface area contributed by atoms with Crippen molar-refractivity contribution in [1.82, 2.24) is 0 Å². The summed E-state index contributed by atoms with van der Waals surface area (Å²) in [5.74, 6) is 0. The lowest BCUT2D eigenvalue weighted by Crippen LogP contribution is -2.39. The summed E-state index contributed by atoms with van der Waals surface area (Å²) >= 11 is 0. The second-order valence-electron chi connectivity index (χ2n) is 5.31. The van der Waals surface area contributed by atoms with Crippen LogP contribution in [0.15, 0.2) is 18.2 Å². The van der Waals surface area contributed by atoms with E-state index in [0.29, 0.717) is 0 Å². The minimum absolute atomic E-state index is 0.121. The monoisotopic (exact) mass is 263 g/mol. The molecule has 5 heteroatoms. The Morgan fingerprint density at radius 2 is 2.05 bits per heavy atom. The van der Waals surface area contributed by atoms with Gasteiger partial charge in [0.1, 0.15) is 0 Å². The highest BCUT2D eigenvalue weighted by Crippen LogP contribution is 2.26. The first-order valence-corrected chi connectivity index (χ1v) is 6.85. The molecule has 104 valence electrons. The first-order chi connectivity index (χ1) is 9.08. The van der Waals surface area contributed by atoms with Gasteiger partial charge in [0.05, 0.1) is 4.92 Å². The molecule has 0 aliphatic heterocycles. The Hall–Kier alpha value is -1.62. The molecule has 1 aliphatic carbocycles. The van der Waals surface area contributed by atoms with Gasteiger partial charge in [-0.3, -0.25) is 10.1 Å². The van der Waals surface area contributed by atoms with Gasteiger partial charge in [0.15, 0.2) is 0 Å². The van der Waals surface area contributed by atoms with Gasteiger partial charge in [0.2, 0.25) is 0 Å². The zero-order valence-electron chi connectivity index (χ0n) is 11.3. The predicted molar refractivity (Wildman–Crippen MR) is 76.3 cm³/mol. The largest absolute Gasteiger partial charge is 0.380 e. The molecule has 1 aliphatic rings. The van der Waals surface area contributed by atoms with Crippen molar-refractivity contribution in [1.29, 1.82) is 0 Å². The van der Waals surface area contributed by atoms with Crippen LogP contribution >= 0.6 is 0 Å². The van der Waals surface area contributed by atoms with Crippen molar-refractivity contribution in [3.63, 3.8) is 0 Å². The first-order valence-electron chi connectivity index (χ1n) is 6.85. The molecule has 0 radical (unpaired) electrons. The van der Waals surface area contributed by atoms with Crippen LogP contribution in [0.1, 0.15) is 37.7 Å². The average Bonchev–Trinajstić information content (AvgIpc) is 2.57. The molecule has 0 aromatic heterocycles. The summed E-state index contributed by atoms with van der Waals surface area (Å²) in [7, 11) is 0. The van der Waals surface area contributed by atoms with E-state index in [9.17, 15) is 10.1 Å². The van der Waals surface area contributed by atoms with E-state index in [-0.39, 0.29) is 22.7 Å². The summed E-state index contributed by atoms with van der Waals surface area (Å²) in [6.07, 6.45) is 5.61. The van der Waals surface area contributed by atoms with Gasteiger partial charge in [0.25, 0.3) is 5.69 Å². The molecule has 0 saturated heterocycles. The van der Waals surface area contributed by atoms with Gasteiger partial charge in [-0.2, -0.15) is 0 Å². The number of hydrogen-bond acceptors (Lipinski definition) is 4. The Bertz CT molecular complexity index is 462. The number of nitrogens with zero attached hydrogens (tertiary/aromatic N) is 1. The molecule has 2 atom stereocenters. The Morgan fingerprint density at radius 1 is 1.32 bits per heavy atom. The lowest BCUT2D eigenvalue weighted by atomic mass is 10.0. The summed E-state index contributed by atoms with van der Waals surface area (Å²) in [4.78, 5) is 10.5. The second-order valence-corrected chi connectivity index (χ2v) is 5.31. The topological polar surface area (TPSA) is 81.2 Å². The summed E-state index contributed by atoms with van der Waals surface area (Å²) < 4.78 is 0. The third-order valence-corrected chi connectivity index (χ3v) is 3.84. The molecule has 0 spiro atoms. The van der Waals surface area contributed by atoms with Crippen LogP contribution in [0.3, 0.4) is 0 Å². The molecule has 0 heterocycles. The number of hydrogen-bond donors (Lipinski definition) is 2. The minimum Gasteiger partial charge on any atom is -0.380 e. The van der Waals surface area contributed by atoms with E-state index in [2.05, 4.69) is 5.32 Å². The highest BCUT2D eigenvalue weighted by atomic mass is 16.6. The maximum atomic E-state index is 10.8. The normalized spacial score (nSPS) is 23.7. The summed E-state index contributed by atoms with van der Waals surface area (Å²) in [5.41, 5.74) is 8.14. The Labute approximate surface area is 113 Å². The zero-order valence-corrected chi connectivity index (χ0v) is 11.3. The van der Waals surface area contributed by atoms with Crippen LogP contribution in [0, 0.1) is 17.0 Å². The van der Waals surface area contributed by atoms with Crippen molar-refractivity contribution in [2.45, 2.75) is 51.1 Å². The Kier molecular flexibility index (Phi) is 4.37. The fourth-order valence-corrected chi connectivity index (χ4v) is 2.59. The fraction of sp³-hybridized carbons (Fsp3) is 0.571. The number of nitrogens with one attached hydrogen (secondary N) is 1. The maximum Gasteiger partial charge on any atom is 0.271 e. The van der Waals surface area contributed by atoms with Gasteiger partial charge >= 0.3 is 0 Å². The van der Waals surface area contributed by atoms with E-state index in [1.807, 2.05) is 6.92 Å². The molecule has 0 amide bonds. The molecular weight excluding hydrogens is 242 g/mol. The number of nitro groups is 1.